The first kappa shape index (κ1) is 18.2. The molecule has 2 heterocycles. The van der Waals surface area contributed by atoms with Crippen molar-refractivity contribution in [3.05, 3.63) is 54.1 Å². The van der Waals surface area contributed by atoms with Gasteiger partial charge < -0.3 is 24.0 Å². The smallest absolute Gasteiger partial charge is 0.267 e. The maximum absolute atomic E-state index is 12.8. The molecule has 4 rings (SSSR count). The molecule has 0 aliphatic carbocycles. The second-order valence-electron chi connectivity index (χ2n) is 6.71. The molecule has 0 spiro atoms. The van der Waals surface area contributed by atoms with E-state index in [0.717, 1.165) is 0 Å². The van der Waals surface area contributed by atoms with Crippen LogP contribution in [0.1, 0.15) is 10.4 Å². The molecule has 28 heavy (non-hydrogen) atoms. The van der Waals surface area contributed by atoms with Crippen LogP contribution in [0, 0.1) is 0 Å². The van der Waals surface area contributed by atoms with Crippen molar-refractivity contribution >= 4 is 11.8 Å². The zero-order chi connectivity index (χ0) is 19.5. The number of hydrogen-bond donors (Lipinski definition) is 0. The van der Waals surface area contributed by atoms with E-state index < -0.39 is 6.10 Å². The molecule has 1 atom stereocenters. The standard InChI is InChI=1S/C21H22N2O5/c1-26-16-8-6-15(7-9-16)20(24)22-10-12-23(13-11-22)21(25)19-14-27-17-4-2-3-5-18(17)28-19/h2-9,19H,10-14H2,1H3/t19-/m0/s1. The van der Waals surface area contributed by atoms with Gasteiger partial charge in [-0.2, -0.15) is 0 Å². The molecular formula is C21H22N2O5. The highest BCUT2D eigenvalue weighted by Gasteiger charge is 2.33. The van der Waals surface area contributed by atoms with E-state index in [4.69, 9.17) is 14.2 Å². The molecule has 1 fully saturated rings. The Bertz CT molecular complexity index is 859. The Kier molecular flexibility index (Phi) is 5.06. The van der Waals surface area contributed by atoms with Crippen LogP contribution in [0.5, 0.6) is 17.2 Å². The highest BCUT2D eigenvalue weighted by Crippen LogP contribution is 2.31. The molecule has 2 aromatic carbocycles. The number of para-hydroxylation sites is 2. The van der Waals surface area contributed by atoms with E-state index in [2.05, 4.69) is 0 Å². The fourth-order valence-corrected chi connectivity index (χ4v) is 3.39. The average molecular weight is 382 g/mol. The van der Waals surface area contributed by atoms with E-state index in [1.807, 2.05) is 18.2 Å². The molecule has 7 heteroatoms. The van der Waals surface area contributed by atoms with Crippen LogP contribution in [-0.4, -0.2) is 67.6 Å². The molecule has 0 N–H and O–H groups in total. The van der Waals surface area contributed by atoms with Gasteiger partial charge in [-0.3, -0.25) is 9.59 Å². The Morgan fingerprint density at radius 1 is 0.929 bits per heavy atom. The number of rotatable bonds is 3. The molecule has 0 bridgehead atoms. The van der Waals surface area contributed by atoms with E-state index in [0.29, 0.717) is 49.0 Å². The maximum atomic E-state index is 12.8. The first-order valence-corrected chi connectivity index (χ1v) is 9.26. The Labute approximate surface area is 163 Å². The lowest BCUT2D eigenvalue weighted by Gasteiger charge is -2.37. The summed E-state index contributed by atoms with van der Waals surface area (Å²) in [5, 5.41) is 0. The van der Waals surface area contributed by atoms with Gasteiger partial charge in [-0.1, -0.05) is 12.1 Å². The van der Waals surface area contributed by atoms with Crippen LogP contribution in [0.3, 0.4) is 0 Å². The number of fused-ring (bicyclic) bond motifs is 1. The van der Waals surface area contributed by atoms with Crippen molar-refractivity contribution in [1.29, 1.82) is 0 Å². The number of nitrogens with zero attached hydrogens (tertiary/aromatic N) is 2. The number of amides is 2. The predicted molar refractivity (Wildman–Crippen MR) is 102 cm³/mol. The highest BCUT2D eigenvalue weighted by molar-refractivity contribution is 5.94. The zero-order valence-corrected chi connectivity index (χ0v) is 15.7. The lowest BCUT2D eigenvalue weighted by molar-refractivity contribution is -0.142. The van der Waals surface area contributed by atoms with Crippen LogP contribution in [-0.2, 0) is 4.79 Å². The van der Waals surface area contributed by atoms with Crippen molar-refractivity contribution in [2.45, 2.75) is 6.10 Å². The van der Waals surface area contributed by atoms with E-state index in [1.54, 1.807) is 47.2 Å². The monoisotopic (exact) mass is 382 g/mol. The van der Waals surface area contributed by atoms with Gasteiger partial charge in [0.25, 0.3) is 11.8 Å². The summed E-state index contributed by atoms with van der Waals surface area (Å²) in [7, 11) is 1.59. The normalized spacial score (nSPS) is 18.5. The topological polar surface area (TPSA) is 68.3 Å². The molecule has 2 aliphatic rings. The summed E-state index contributed by atoms with van der Waals surface area (Å²) in [5.41, 5.74) is 0.612. The van der Waals surface area contributed by atoms with Crippen molar-refractivity contribution in [1.82, 2.24) is 9.80 Å². The maximum Gasteiger partial charge on any atom is 0.267 e. The molecule has 7 nitrogen and oxygen atoms in total. The average Bonchev–Trinajstić information content (AvgIpc) is 2.78. The summed E-state index contributed by atoms with van der Waals surface area (Å²) >= 11 is 0. The van der Waals surface area contributed by atoms with E-state index in [1.165, 1.54) is 0 Å². The fraction of sp³-hybridized carbons (Fsp3) is 0.333. The van der Waals surface area contributed by atoms with Crippen LogP contribution in [0.25, 0.3) is 0 Å². The van der Waals surface area contributed by atoms with Gasteiger partial charge in [0.2, 0.25) is 6.10 Å². The number of methoxy groups -OCH3 is 1. The zero-order valence-electron chi connectivity index (χ0n) is 15.7. The van der Waals surface area contributed by atoms with Gasteiger partial charge in [0.15, 0.2) is 11.5 Å². The largest absolute Gasteiger partial charge is 0.497 e. The van der Waals surface area contributed by atoms with Crippen LogP contribution >= 0.6 is 0 Å². The number of ether oxygens (including phenoxy) is 3. The first-order valence-electron chi connectivity index (χ1n) is 9.26. The van der Waals surface area contributed by atoms with Crippen molar-refractivity contribution in [2.24, 2.45) is 0 Å². The fourth-order valence-electron chi connectivity index (χ4n) is 3.39. The molecule has 0 aromatic heterocycles. The van der Waals surface area contributed by atoms with E-state index in [-0.39, 0.29) is 18.4 Å². The highest BCUT2D eigenvalue weighted by atomic mass is 16.6. The van der Waals surface area contributed by atoms with Crippen molar-refractivity contribution in [3.8, 4) is 17.2 Å². The van der Waals surface area contributed by atoms with Crippen LogP contribution < -0.4 is 14.2 Å². The number of benzene rings is 2. The number of hydrogen-bond acceptors (Lipinski definition) is 5. The second-order valence-corrected chi connectivity index (χ2v) is 6.71. The number of carbonyl (C=O) groups excluding carboxylic acids is 2. The van der Waals surface area contributed by atoms with E-state index in [9.17, 15) is 9.59 Å². The Balaban J connectivity index is 1.33. The quantitative estimate of drug-likeness (QED) is 0.810. The third kappa shape index (κ3) is 3.60. The summed E-state index contributed by atoms with van der Waals surface area (Å²) in [6.07, 6.45) is -0.654. The first-order chi connectivity index (χ1) is 13.7. The summed E-state index contributed by atoms with van der Waals surface area (Å²) in [6, 6.07) is 14.4. The minimum atomic E-state index is -0.654. The number of piperazine rings is 1. The summed E-state index contributed by atoms with van der Waals surface area (Å²) in [5.74, 6) is 1.80. The lowest BCUT2D eigenvalue weighted by atomic mass is 10.1. The van der Waals surface area contributed by atoms with Crippen LogP contribution in [0.2, 0.25) is 0 Å². The van der Waals surface area contributed by atoms with Crippen molar-refractivity contribution in [3.63, 3.8) is 0 Å². The lowest BCUT2D eigenvalue weighted by Crippen LogP contribution is -2.55. The van der Waals surface area contributed by atoms with Crippen molar-refractivity contribution < 1.29 is 23.8 Å². The molecule has 0 radical (unpaired) electrons. The van der Waals surface area contributed by atoms with Crippen LogP contribution in [0.4, 0.5) is 0 Å². The third-order valence-electron chi connectivity index (χ3n) is 5.00. The van der Waals surface area contributed by atoms with Gasteiger partial charge in [-0.15, -0.1) is 0 Å². The van der Waals surface area contributed by atoms with Crippen molar-refractivity contribution in [2.75, 3.05) is 39.9 Å². The Hall–Kier alpha value is -3.22. The summed E-state index contributed by atoms with van der Waals surface area (Å²) < 4.78 is 16.6. The molecule has 146 valence electrons. The van der Waals surface area contributed by atoms with Gasteiger partial charge in [-0.25, -0.2) is 0 Å². The molecule has 1 saturated heterocycles. The molecule has 0 unspecified atom stereocenters. The number of carbonyl (C=O) groups is 2. The van der Waals surface area contributed by atoms with Gasteiger partial charge in [0.05, 0.1) is 7.11 Å². The minimum Gasteiger partial charge on any atom is -0.497 e. The van der Waals surface area contributed by atoms with Gasteiger partial charge in [0.1, 0.15) is 12.4 Å². The molecule has 2 aromatic rings. The van der Waals surface area contributed by atoms with E-state index >= 15 is 0 Å². The van der Waals surface area contributed by atoms with Gasteiger partial charge >= 0.3 is 0 Å². The summed E-state index contributed by atoms with van der Waals surface area (Å²) in [6.45, 7) is 2.12. The molecule has 2 amide bonds. The predicted octanol–water partition coefficient (Wildman–Crippen LogP) is 1.82. The third-order valence-corrected chi connectivity index (χ3v) is 5.00. The Morgan fingerprint density at radius 3 is 2.25 bits per heavy atom. The SMILES string of the molecule is COc1ccc(C(=O)N2CCN(C(=O)[C@@H]3COc4ccccc4O3)CC2)cc1. The molecule has 2 aliphatic heterocycles. The molecule has 0 saturated carbocycles. The minimum absolute atomic E-state index is 0.0408. The van der Waals surface area contributed by atoms with Gasteiger partial charge in [0, 0.05) is 31.7 Å². The Morgan fingerprint density at radius 2 is 1.57 bits per heavy atom. The van der Waals surface area contributed by atoms with Crippen LogP contribution in [0.15, 0.2) is 48.5 Å². The molecular weight excluding hydrogens is 360 g/mol. The summed E-state index contributed by atoms with van der Waals surface area (Å²) in [4.78, 5) is 28.9. The second kappa shape index (κ2) is 7.80. The van der Waals surface area contributed by atoms with Gasteiger partial charge in [-0.05, 0) is 36.4 Å².